The number of hydrogen-bond donors (Lipinski definition) is 2. The van der Waals surface area contributed by atoms with Crippen molar-refractivity contribution in [1.82, 2.24) is 4.90 Å². The maximum Gasteiger partial charge on any atom is 0.410 e. The third-order valence-electron chi connectivity index (χ3n) is 10.0. The molecule has 8 nitrogen and oxygen atoms in total. The zero-order valence-corrected chi connectivity index (χ0v) is 27.0. The average molecular weight is 625 g/mol. The minimum atomic E-state index is -0.407. The Hall–Kier alpha value is -3.88. The highest BCUT2D eigenvalue weighted by molar-refractivity contribution is 5.98. The SMILES string of the molecule is COC(=O)N(Cc1cccc(-c2ccc(N3CCC(Cc4ccccc4)CC3)c(NC(=O)C3CCCO3)c2)c1)C1CCC(N)CC1. The molecule has 3 aromatic rings. The summed E-state index contributed by atoms with van der Waals surface area (Å²) in [6.07, 6.45) is 7.86. The van der Waals surface area contributed by atoms with Crippen molar-refractivity contribution < 1.29 is 19.1 Å². The van der Waals surface area contributed by atoms with Crippen LogP contribution in [0.2, 0.25) is 0 Å². The van der Waals surface area contributed by atoms with Gasteiger partial charge in [-0.3, -0.25) is 4.79 Å². The fraction of sp³-hybridized carbons (Fsp3) is 0.474. The van der Waals surface area contributed by atoms with E-state index < -0.39 is 6.10 Å². The maximum absolute atomic E-state index is 13.3. The Bertz CT molecular complexity index is 1460. The van der Waals surface area contributed by atoms with Gasteiger partial charge in [0.2, 0.25) is 0 Å². The van der Waals surface area contributed by atoms with E-state index in [9.17, 15) is 9.59 Å². The molecule has 3 N–H and O–H groups in total. The number of benzene rings is 3. The van der Waals surface area contributed by atoms with Gasteiger partial charge in [0.05, 0.1) is 18.5 Å². The van der Waals surface area contributed by atoms with Gasteiger partial charge in [-0.2, -0.15) is 0 Å². The molecule has 2 heterocycles. The maximum atomic E-state index is 13.3. The monoisotopic (exact) mass is 624 g/mol. The number of amides is 2. The first-order chi connectivity index (χ1) is 22.5. The molecule has 6 rings (SSSR count). The van der Waals surface area contributed by atoms with E-state index >= 15 is 0 Å². The lowest BCUT2D eigenvalue weighted by atomic mass is 9.90. The number of carbonyl (C=O) groups is 2. The molecule has 0 bridgehead atoms. The number of ether oxygens (including phenoxy) is 2. The van der Waals surface area contributed by atoms with Crippen LogP contribution in [0.1, 0.15) is 62.5 Å². The second-order valence-electron chi connectivity index (χ2n) is 13.2. The van der Waals surface area contributed by atoms with Crippen LogP contribution in [0.25, 0.3) is 11.1 Å². The molecule has 8 heteroatoms. The number of carbonyl (C=O) groups excluding carboxylic acids is 2. The minimum absolute atomic E-state index is 0.0791. The Balaban J connectivity index is 1.21. The highest BCUT2D eigenvalue weighted by Gasteiger charge is 2.29. The van der Waals surface area contributed by atoms with E-state index in [0.29, 0.717) is 19.1 Å². The zero-order chi connectivity index (χ0) is 31.9. The third kappa shape index (κ3) is 7.91. The van der Waals surface area contributed by atoms with Crippen molar-refractivity contribution in [3.63, 3.8) is 0 Å². The molecule has 2 saturated heterocycles. The summed E-state index contributed by atoms with van der Waals surface area (Å²) in [6, 6.07) is 25.8. The summed E-state index contributed by atoms with van der Waals surface area (Å²) in [5, 5.41) is 3.24. The number of rotatable bonds is 9. The van der Waals surface area contributed by atoms with Gasteiger partial charge < -0.3 is 30.3 Å². The van der Waals surface area contributed by atoms with Crippen LogP contribution in [0.15, 0.2) is 72.8 Å². The molecule has 1 saturated carbocycles. The van der Waals surface area contributed by atoms with Gasteiger partial charge in [0.25, 0.3) is 5.91 Å². The number of nitrogens with one attached hydrogen (secondary N) is 1. The van der Waals surface area contributed by atoms with E-state index in [1.165, 1.54) is 12.7 Å². The van der Waals surface area contributed by atoms with Gasteiger partial charge in [0.15, 0.2) is 0 Å². The molecule has 2 amide bonds. The highest BCUT2D eigenvalue weighted by atomic mass is 16.5. The summed E-state index contributed by atoms with van der Waals surface area (Å²) in [5.74, 6) is 0.574. The number of methoxy groups -OCH3 is 1. The zero-order valence-electron chi connectivity index (χ0n) is 27.0. The predicted octanol–water partition coefficient (Wildman–Crippen LogP) is 6.77. The van der Waals surface area contributed by atoms with E-state index in [1.54, 1.807) is 0 Å². The second-order valence-corrected chi connectivity index (χ2v) is 13.2. The summed E-state index contributed by atoms with van der Waals surface area (Å²) in [4.78, 5) is 30.4. The van der Waals surface area contributed by atoms with Crippen LogP contribution in [0.4, 0.5) is 16.2 Å². The summed E-state index contributed by atoms with van der Waals surface area (Å²) < 4.78 is 10.9. The molecule has 1 unspecified atom stereocenters. The van der Waals surface area contributed by atoms with Gasteiger partial charge in [-0.25, -0.2) is 4.79 Å². The van der Waals surface area contributed by atoms with E-state index in [0.717, 1.165) is 98.9 Å². The summed E-state index contributed by atoms with van der Waals surface area (Å²) >= 11 is 0. The molecule has 1 aliphatic carbocycles. The summed E-state index contributed by atoms with van der Waals surface area (Å²) in [6.45, 7) is 3.00. The van der Waals surface area contributed by atoms with Crippen LogP contribution in [0.5, 0.6) is 0 Å². The molecule has 46 heavy (non-hydrogen) atoms. The molecule has 0 radical (unpaired) electrons. The van der Waals surface area contributed by atoms with E-state index in [4.69, 9.17) is 15.2 Å². The van der Waals surface area contributed by atoms with E-state index in [1.807, 2.05) is 11.0 Å². The molecule has 2 aliphatic heterocycles. The Kier molecular flexibility index (Phi) is 10.6. The lowest BCUT2D eigenvalue weighted by Gasteiger charge is -2.35. The first kappa shape index (κ1) is 32.1. The summed E-state index contributed by atoms with van der Waals surface area (Å²) in [5.41, 5.74) is 12.5. The van der Waals surface area contributed by atoms with Crippen molar-refractivity contribution in [3.05, 3.63) is 83.9 Å². The number of hydrogen-bond acceptors (Lipinski definition) is 6. The van der Waals surface area contributed by atoms with Crippen molar-refractivity contribution in [2.75, 3.05) is 37.0 Å². The molecular weight excluding hydrogens is 576 g/mol. The summed E-state index contributed by atoms with van der Waals surface area (Å²) in [7, 11) is 1.44. The highest BCUT2D eigenvalue weighted by Crippen LogP contribution is 2.36. The van der Waals surface area contributed by atoms with Crippen LogP contribution in [-0.2, 0) is 27.2 Å². The fourth-order valence-corrected chi connectivity index (χ4v) is 7.33. The molecular formula is C38H48N4O4. The number of piperidine rings is 1. The standard InChI is InChI=1S/C38H48N4O4/c1-45-38(44)42(33-15-13-32(39)14-16-33)26-29-9-5-10-30(24-29)31-12-17-35(34(25-31)40-37(43)36-11-6-22-46-36)41-20-18-28(19-21-41)23-27-7-3-2-4-8-27/h2-5,7-10,12,17,24-25,28,32-33,36H,6,11,13-16,18-23,26,39H2,1H3,(H,40,43). The smallest absolute Gasteiger partial charge is 0.410 e. The van der Waals surface area contributed by atoms with Gasteiger partial charge in [0, 0.05) is 38.3 Å². The lowest BCUT2D eigenvalue weighted by Crippen LogP contribution is -2.43. The van der Waals surface area contributed by atoms with E-state index in [-0.39, 0.29) is 24.1 Å². The predicted molar refractivity (Wildman–Crippen MR) is 183 cm³/mol. The van der Waals surface area contributed by atoms with Crippen LogP contribution < -0.4 is 16.0 Å². The quantitative estimate of drug-likeness (QED) is 0.273. The van der Waals surface area contributed by atoms with Gasteiger partial charge in [-0.15, -0.1) is 0 Å². The van der Waals surface area contributed by atoms with Crippen LogP contribution >= 0.6 is 0 Å². The molecule has 0 spiro atoms. The lowest BCUT2D eigenvalue weighted by molar-refractivity contribution is -0.124. The minimum Gasteiger partial charge on any atom is -0.453 e. The number of nitrogens with zero attached hydrogens (tertiary/aromatic N) is 2. The van der Waals surface area contributed by atoms with Crippen molar-refractivity contribution in [2.45, 2.75) is 82.5 Å². The Labute approximate surface area is 273 Å². The average Bonchev–Trinajstić information content (AvgIpc) is 3.64. The Morgan fingerprint density at radius 1 is 0.891 bits per heavy atom. The first-order valence-electron chi connectivity index (χ1n) is 17.0. The molecule has 244 valence electrons. The molecule has 0 aromatic heterocycles. The van der Waals surface area contributed by atoms with Crippen molar-refractivity contribution in [2.24, 2.45) is 11.7 Å². The Morgan fingerprint density at radius 2 is 1.63 bits per heavy atom. The first-order valence-corrected chi connectivity index (χ1v) is 17.0. The van der Waals surface area contributed by atoms with E-state index in [2.05, 4.69) is 76.9 Å². The van der Waals surface area contributed by atoms with Crippen LogP contribution in [-0.4, -0.2) is 61.9 Å². The Morgan fingerprint density at radius 3 is 2.35 bits per heavy atom. The van der Waals surface area contributed by atoms with Crippen LogP contribution in [0, 0.1) is 5.92 Å². The van der Waals surface area contributed by atoms with Gasteiger partial charge in [0.1, 0.15) is 6.10 Å². The fourth-order valence-electron chi connectivity index (χ4n) is 7.33. The molecule has 3 aliphatic rings. The third-order valence-corrected chi connectivity index (χ3v) is 10.0. The largest absolute Gasteiger partial charge is 0.453 e. The molecule has 3 aromatic carbocycles. The second kappa shape index (κ2) is 15.1. The number of nitrogens with two attached hydrogens (primary N) is 1. The normalized spacial score (nSPS) is 22.0. The number of anilines is 2. The molecule has 1 atom stereocenters. The van der Waals surface area contributed by atoms with Crippen molar-refractivity contribution in [1.29, 1.82) is 0 Å². The van der Waals surface area contributed by atoms with Crippen molar-refractivity contribution in [3.8, 4) is 11.1 Å². The van der Waals surface area contributed by atoms with Crippen molar-refractivity contribution >= 4 is 23.4 Å². The van der Waals surface area contributed by atoms with Gasteiger partial charge >= 0.3 is 6.09 Å². The topological polar surface area (TPSA) is 97.1 Å². The van der Waals surface area contributed by atoms with Gasteiger partial charge in [-0.05, 0) is 104 Å². The molecule has 3 fully saturated rings. The van der Waals surface area contributed by atoms with Crippen LogP contribution in [0.3, 0.4) is 0 Å². The van der Waals surface area contributed by atoms with Gasteiger partial charge in [-0.1, -0.05) is 54.6 Å².